The first-order valence-corrected chi connectivity index (χ1v) is 7.52. The first-order valence-electron chi connectivity index (χ1n) is 6.73. The molecule has 22 heavy (non-hydrogen) atoms. The predicted molar refractivity (Wildman–Crippen MR) is 89.0 cm³/mol. The van der Waals surface area contributed by atoms with E-state index >= 15 is 0 Å². The summed E-state index contributed by atoms with van der Waals surface area (Å²) < 4.78 is 6.36. The number of benzene rings is 2. The van der Waals surface area contributed by atoms with Crippen molar-refractivity contribution in [2.45, 2.75) is 0 Å². The second kappa shape index (κ2) is 4.78. The van der Waals surface area contributed by atoms with E-state index in [0.717, 1.165) is 15.6 Å². The standard InChI is InChI=1S/C18H9BrO3/c19-11-6-4-10(5-7-11)16-13-8-9-14(20)12-2-1-3-15(17(12)13)22-18(16)21/h1-9H. The SMILES string of the molecule is O=C1C=Cc2c(-c3ccc(Br)cc3)c(=O)oc3cccc1c23. The molecule has 1 heterocycles. The van der Waals surface area contributed by atoms with E-state index in [9.17, 15) is 9.59 Å². The molecule has 0 unspecified atom stereocenters. The third kappa shape index (κ3) is 1.88. The summed E-state index contributed by atoms with van der Waals surface area (Å²) in [6.07, 6.45) is 3.20. The number of allylic oxidation sites excluding steroid dienone is 1. The van der Waals surface area contributed by atoms with E-state index in [1.165, 1.54) is 6.08 Å². The van der Waals surface area contributed by atoms with E-state index in [0.29, 0.717) is 22.1 Å². The quantitative estimate of drug-likeness (QED) is 0.608. The van der Waals surface area contributed by atoms with Crippen molar-refractivity contribution in [1.29, 1.82) is 0 Å². The van der Waals surface area contributed by atoms with Crippen LogP contribution in [0.15, 0.2) is 62.2 Å². The highest BCUT2D eigenvalue weighted by atomic mass is 79.9. The van der Waals surface area contributed by atoms with Gasteiger partial charge in [-0.2, -0.15) is 0 Å². The third-order valence-electron chi connectivity index (χ3n) is 3.77. The van der Waals surface area contributed by atoms with Gasteiger partial charge < -0.3 is 4.42 Å². The van der Waals surface area contributed by atoms with Crippen molar-refractivity contribution in [3.63, 3.8) is 0 Å². The zero-order valence-corrected chi connectivity index (χ0v) is 12.9. The molecule has 4 rings (SSSR count). The highest BCUT2D eigenvalue weighted by molar-refractivity contribution is 9.10. The van der Waals surface area contributed by atoms with Gasteiger partial charge in [0.1, 0.15) is 5.58 Å². The van der Waals surface area contributed by atoms with Gasteiger partial charge in [0.15, 0.2) is 5.78 Å². The van der Waals surface area contributed by atoms with Crippen molar-refractivity contribution in [2.75, 3.05) is 0 Å². The molecule has 3 aromatic rings. The molecule has 1 aromatic heterocycles. The van der Waals surface area contributed by atoms with Crippen molar-refractivity contribution in [3.8, 4) is 11.1 Å². The van der Waals surface area contributed by atoms with Gasteiger partial charge in [0.25, 0.3) is 0 Å². The fourth-order valence-corrected chi connectivity index (χ4v) is 3.05. The van der Waals surface area contributed by atoms with Crippen molar-refractivity contribution >= 4 is 38.8 Å². The molecule has 106 valence electrons. The average molecular weight is 353 g/mol. The topological polar surface area (TPSA) is 47.3 Å². The van der Waals surface area contributed by atoms with E-state index < -0.39 is 5.63 Å². The molecular weight excluding hydrogens is 344 g/mol. The minimum absolute atomic E-state index is 0.0753. The summed E-state index contributed by atoms with van der Waals surface area (Å²) in [6.45, 7) is 0. The summed E-state index contributed by atoms with van der Waals surface area (Å²) in [5.41, 5.74) is 2.59. The molecule has 1 aliphatic carbocycles. The molecule has 0 aliphatic heterocycles. The maximum Gasteiger partial charge on any atom is 0.344 e. The van der Waals surface area contributed by atoms with Gasteiger partial charge in [0, 0.05) is 21.0 Å². The minimum atomic E-state index is -0.402. The molecule has 4 heteroatoms. The van der Waals surface area contributed by atoms with E-state index in [-0.39, 0.29) is 5.78 Å². The average Bonchev–Trinajstić information content (AvgIpc) is 2.52. The number of rotatable bonds is 1. The molecule has 0 saturated carbocycles. The molecular formula is C18H9BrO3. The Hall–Kier alpha value is -2.46. The van der Waals surface area contributed by atoms with E-state index in [1.807, 2.05) is 24.3 Å². The van der Waals surface area contributed by atoms with Crippen LogP contribution in [0.3, 0.4) is 0 Å². The summed E-state index contributed by atoms with van der Waals surface area (Å²) in [7, 11) is 0. The van der Waals surface area contributed by atoms with E-state index in [1.54, 1.807) is 24.3 Å². The number of hydrogen-bond donors (Lipinski definition) is 0. The molecule has 0 fully saturated rings. The maximum atomic E-state index is 12.4. The van der Waals surface area contributed by atoms with Gasteiger partial charge in [-0.15, -0.1) is 0 Å². The summed E-state index contributed by atoms with van der Waals surface area (Å²) >= 11 is 3.38. The van der Waals surface area contributed by atoms with Crippen molar-refractivity contribution in [3.05, 3.63) is 74.6 Å². The number of carbonyl (C=O) groups excluding carboxylic acids is 1. The van der Waals surface area contributed by atoms with Crippen molar-refractivity contribution in [1.82, 2.24) is 0 Å². The van der Waals surface area contributed by atoms with Crippen LogP contribution in [0.5, 0.6) is 0 Å². The lowest BCUT2D eigenvalue weighted by atomic mass is 9.90. The molecule has 3 nitrogen and oxygen atoms in total. The Balaban J connectivity index is 2.15. The van der Waals surface area contributed by atoms with Gasteiger partial charge in [0.2, 0.25) is 0 Å². The van der Waals surface area contributed by atoms with Crippen molar-refractivity contribution < 1.29 is 9.21 Å². The van der Waals surface area contributed by atoms with Crippen molar-refractivity contribution in [2.24, 2.45) is 0 Å². The summed E-state index contributed by atoms with van der Waals surface area (Å²) in [5, 5.41) is 0.701. The van der Waals surface area contributed by atoms with Crippen LogP contribution < -0.4 is 5.63 Å². The molecule has 0 N–H and O–H groups in total. The largest absolute Gasteiger partial charge is 0.422 e. The zero-order chi connectivity index (χ0) is 15.3. The Morgan fingerprint density at radius 3 is 2.45 bits per heavy atom. The predicted octanol–water partition coefficient (Wildman–Crippen LogP) is 4.43. The Bertz CT molecular complexity index is 1010. The molecule has 0 amide bonds. The smallest absolute Gasteiger partial charge is 0.344 e. The fourth-order valence-electron chi connectivity index (χ4n) is 2.79. The number of halogens is 1. The summed E-state index contributed by atoms with van der Waals surface area (Å²) in [5.74, 6) is -0.0753. The van der Waals surface area contributed by atoms with Crippen LogP contribution in [0.25, 0.3) is 28.2 Å². The molecule has 0 saturated heterocycles. The molecule has 1 aliphatic rings. The van der Waals surface area contributed by atoms with E-state index in [4.69, 9.17) is 4.42 Å². The second-order valence-electron chi connectivity index (χ2n) is 5.06. The number of ketones is 1. The molecule has 0 radical (unpaired) electrons. The summed E-state index contributed by atoms with van der Waals surface area (Å²) in [6, 6.07) is 12.6. The lowest BCUT2D eigenvalue weighted by Gasteiger charge is -2.14. The van der Waals surface area contributed by atoms with Crippen LogP contribution in [-0.4, -0.2) is 5.78 Å². The first kappa shape index (κ1) is 13.2. The molecule has 2 aromatic carbocycles. The highest BCUT2D eigenvalue weighted by Crippen LogP contribution is 2.34. The Morgan fingerprint density at radius 1 is 0.909 bits per heavy atom. The fraction of sp³-hybridized carbons (Fsp3) is 0. The Labute approximate surface area is 134 Å². The number of carbonyl (C=O) groups is 1. The second-order valence-corrected chi connectivity index (χ2v) is 5.98. The maximum absolute atomic E-state index is 12.4. The van der Waals surface area contributed by atoms with Crippen LogP contribution in [0, 0.1) is 0 Å². The molecule has 0 spiro atoms. The van der Waals surface area contributed by atoms with Gasteiger partial charge in [-0.1, -0.05) is 40.2 Å². The van der Waals surface area contributed by atoms with Crippen LogP contribution >= 0.6 is 15.9 Å². The lowest BCUT2D eigenvalue weighted by molar-refractivity contribution is 0.104. The van der Waals surface area contributed by atoms with Gasteiger partial charge in [-0.25, -0.2) is 4.79 Å². The van der Waals surface area contributed by atoms with Gasteiger partial charge >= 0.3 is 5.63 Å². The van der Waals surface area contributed by atoms with Crippen LogP contribution in [0.1, 0.15) is 15.9 Å². The minimum Gasteiger partial charge on any atom is -0.422 e. The van der Waals surface area contributed by atoms with Gasteiger partial charge in [-0.3, -0.25) is 4.79 Å². The van der Waals surface area contributed by atoms with Gasteiger partial charge in [-0.05, 0) is 35.9 Å². The Kier molecular flexibility index (Phi) is 2.87. The lowest BCUT2D eigenvalue weighted by Crippen LogP contribution is -2.10. The van der Waals surface area contributed by atoms with Crippen LogP contribution in [-0.2, 0) is 0 Å². The van der Waals surface area contributed by atoms with Gasteiger partial charge in [0.05, 0.1) is 5.56 Å². The van der Waals surface area contributed by atoms with Crippen LogP contribution in [0.2, 0.25) is 0 Å². The van der Waals surface area contributed by atoms with E-state index in [2.05, 4.69) is 15.9 Å². The Morgan fingerprint density at radius 2 is 1.68 bits per heavy atom. The zero-order valence-electron chi connectivity index (χ0n) is 11.3. The number of hydrogen-bond acceptors (Lipinski definition) is 3. The summed E-state index contributed by atoms with van der Waals surface area (Å²) in [4.78, 5) is 24.5. The molecule has 0 bridgehead atoms. The third-order valence-corrected chi connectivity index (χ3v) is 4.30. The monoisotopic (exact) mass is 352 g/mol. The molecule has 0 atom stereocenters. The van der Waals surface area contributed by atoms with Crippen LogP contribution in [0.4, 0.5) is 0 Å². The first-order chi connectivity index (χ1) is 10.6. The highest BCUT2D eigenvalue weighted by Gasteiger charge is 2.21. The normalized spacial score (nSPS) is 12.9.